The lowest BCUT2D eigenvalue weighted by Crippen LogP contribution is -2.41. The highest BCUT2D eigenvalue weighted by Crippen LogP contribution is 2.39. The zero-order valence-corrected chi connectivity index (χ0v) is 19.5. The first-order chi connectivity index (χ1) is 15.9. The van der Waals surface area contributed by atoms with Crippen LogP contribution in [0, 0.1) is 0 Å². The van der Waals surface area contributed by atoms with Gasteiger partial charge in [0.1, 0.15) is 13.3 Å². The third kappa shape index (κ3) is 6.82. The Labute approximate surface area is 202 Å². The quantitative estimate of drug-likeness (QED) is 0.628. The molecule has 2 heterocycles. The zero-order chi connectivity index (χ0) is 24.4. The maximum atomic E-state index is 12.1. The first-order valence-electron chi connectivity index (χ1n) is 10.00. The van der Waals surface area contributed by atoms with E-state index in [4.69, 9.17) is 42.3 Å². The molecule has 0 spiro atoms. The molecule has 0 aliphatic carbocycles. The predicted octanol–water partition coefficient (Wildman–Crippen LogP) is 2.48. The Morgan fingerprint density at radius 1 is 1.06 bits per heavy atom. The number of nitrogens with two attached hydrogens (primary N) is 2. The Morgan fingerprint density at radius 3 is 2.27 bits per heavy atom. The molecule has 0 radical (unpaired) electrons. The number of hydrogen-bond acceptors (Lipinski definition) is 6. The van der Waals surface area contributed by atoms with Gasteiger partial charge in [-0.3, -0.25) is 14.4 Å². The van der Waals surface area contributed by atoms with Gasteiger partial charge in [-0.25, -0.2) is 0 Å². The van der Waals surface area contributed by atoms with Crippen LogP contribution in [-0.2, 0) is 23.9 Å². The van der Waals surface area contributed by atoms with Gasteiger partial charge in [0, 0.05) is 17.3 Å². The minimum Gasteiger partial charge on any atom is -0.372 e. The highest BCUT2D eigenvalue weighted by molar-refractivity contribution is 6.34. The number of amides is 3. The Hall–Kier alpha value is -2.85. The first-order valence-corrected chi connectivity index (χ1v) is 10.8. The molecular weight excluding hydrogens is 471 g/mol. The number of carbonyl (C=O) groups is 3. The van der Waals surface area contributed by atoms with Gasteiger partial charge in [-0.05, 0) is 48.9 Å². The van der Waals surface area contributed by atoms with E-state index in [0.717, 1.165) is 16.9 Å². The van der Waals surface area contributed by atoms with Gasteiger partial charge < -0.3 is 30.7 Å². The Morgan fingerprint density at radius 2 is 1.70 bits per heavy atom. The average molecular weight is 497 g/mol. The molecule has 2 aliphatic heterocycles. The van der Waals surface area contributed by atoms with E-state index in [1.54, 1.807) is 4.90 Å². The minimum absolute atomic E-state index is 0.00705. The van der Waals surface area contributed by atoms with Crippen LogP contribution in [0.1, 0.15) is 18.5 Å². The van der Waals surface area contributed by atoms with Gasteiger partial charge in [0.15, 0.2) is 0 Å². The van der Waals surface area contributed by atoms with E-state index in [1.165, 1.54) is 0 Å². The van der Waals surface area contributed by atoms with E-state index in [1.807, 2.05) is 49.4 Å². The Kier molecular flexibility index (Phi) is 10.4. The third-order valence-corrected chi connectivity index (χ3v) is 5.56. The second-order valence-electron chi connectivity index (χ2n) is 6.97. The van der Waals surface area contributed by atoms with Crippen LogP contribution in [0.15, 0.2) is 42.5 Å². The van der Waals surface area contributed by atoms with Crippen molar-refractivity contribution in [3.63, 3.8) is 0 Å². The summed E-state index contributed by atoms with van der Waals surface area (Å²) in [6, 6.07) is 13.6. The van der Waals surface area contributed by atoms with Crippen molar-refractivity contribution in [1.29, 1.82) is 0 Å². The molecule has 9 nitrogen and oxygen atoms in total. The number of anilines is 2. The summed E-state index contributed by atoms with van der Waals surface area (Å²) in [7, 11) is 0. The van der Waals surface area contributed by atoms with Crippen LogP contribution in [-0.4, -0.2) is 51.3 Å². The number of primary amides is 2. The molecule has 0 bridgehead atoms. The molecule has 2 fully saturated rings. The topological polar surface area (TPSA) is 128 Å². The molecule has 2 aliphatic rings. The van der Waals surface area contributed by atoms with Crippen LogP contribution in [0.3, 0.4) is 0 Å². The number of halogens is 2. The molecule has 2 aromatic carbocycles. The fraction of sp³-hybridized carbons (Fsp3) is 0.318. The lowest BCUT2D eigenvalue weighted by Gasteiger charge is -2.30. The number of hydrogen-bond donors (Lipinski definition) is 2. The fourth-order valence-electron chi connectivity index (χ4n) is 3.64. The van der Waals surface area contributed by atoms with Crippen molar-refractivity contribution < 1.29 is 23.9 Å². The van der Waals surface area contributed by atoms with Gasteiger partial charge in [-0.2, -0.15) is 0 Å². The van der Waals surface area contributed by atoms with E-state index in [0.29, 0.717) is 29.9 Å². The number of nitrogens with zero attached hydrogens (tertiary/aromatic N) is 2. The molecule has 2 saturated heterocycles. The number of carbonyl (C=O) groups excluding carboxylic acids is 3. The maximum absolute atomic E-state index is 12.1. The van der Waals surface area contributed by atoms with Crippen molar-refractivity contribution in [1.82, 2.24) is 0 Å². The summed E-state index contributed by atoms with van der Waals surface area (Å²) in [5.74, 6) is -0.0729. The molecule has 11 heteroatoms. The van der Waals surface area contributed by atoms with E-state index in [-0.39, 0.29) is 37.5 Å². The van der Waals surface area contributed by atoms with Crippen molar-refractivity contribution in [2.75, 3.05) is 36.3 Å². The molecule has 178 valence electrons. The van der Waals surface area contributed by atoms with Gasteiger partial charge in [0.25, 0.3) is 5.91 Å². The second-order valence-corrected chi connectivity index (χ2v) is 7.82. The average Bonchev–Trinajstić information content (AvgIpc) is 3.17. The van der Waals surface area contributed by atoms with Crippen molar-refractivity contribution in [2.24, 2.45) is 11.5 Å². The lowest BCUT2D eigenvalue weighted by molar-refractivity contribution is -0.125. The molecule has 33 heavy (non-hydrogen) atoms. The van der Waals surface area contributed by atoms with Crippen molar-refractivity contribution in [2.45, 2.75) is 19.1 Å². The Bertz CT molecular complexity index is 939. The molecular formula is C22H26Cl2N4O5. The Balaban J connectivity index is 0.000000582. The molecule has 0 saturated carbocycles. The van der Waals surface area contributed by atoms with Crippen LogP contribution in [0.25, 0.3) is 0 Å². The molecule has 4 rings (SSSR count). The summed E-state index contributed by atoms with van der Waals surface area (Å²) in [6.45, 7) is 3.66. The predicted molar refractivity (Wildman–Crippen MR) is 127 cm³/mol. The number of rotatable bonds is 3. The van der Waals surface area contributed by atoms with E-state index < -0.39 is 0 Å². The highest BCUT2D eigenvalue weighted by atomic mass is 35.5. The first kappa shape index (κ1) is 26.4. The molecule has 2 atom stereocenters. The summed E-state index contributed by atoms with van der Waals surface area (Å²) >= 11 is 12.6. The van der Waals surface area contributed by atoms with Crippen LogP contribution in [0.4, 0.5) is 11.4 Å². The monoisotopic (exact) mass is 496 g/mol. The van der Waals surface area contributed by atoms with Gasteiger partial charge >= 0.3 is 0 Å². The molecule has 4 N–H and O–H groups in total. The zero-order valence-electron chi connectivity index (χ0n) is 18.0. The summed E-state index contributed by atoms with van der Waals surface area (Å²) in [5, 5.41) is 1.25. The molecule has 2 aromatic rings. The highest BCUT2D eigenvalue weighted by Gasteiger charge is 2.34. The van der Waals surface area contributed by atoms with Crippen LogP contribution < -0.4 is 21.3 Å². The van der Waals surface area contributed by atoms with Gasteiger partial charge in [0.2, 0.25) is 12.8 Å². The van der Waals surface area contributed by atoms with E-state index in [9.17, 15) is 4.79 Å². The van der Waals surface area contributed by atoms with Gasteiger partial charge in [0.05, 0.1) is 29.5 Å². The summed E-state index contributed by atoms with van der Waals surface area (Å²) in [5.41, 5.74) is 11.1. The molecule has 0 aromatic heterocycles. The fourth-order valence-corrected chi connectivity index (χ4v) is 4.06. The molecule has 3 amide bonds. The van der Waals surface area contributed by atoms with Crippen molar-refractivity contribution in [3.8, 4) is 0 Å². The third-order valence-electron chi connectivity index (χ3n) is 5.01. The standard InChI is InChI=1S/C20H20Cl2N2O3.2CH3NO/c1-13-20(24(12-27-13)16-5-3-15(21)4-6-16)14-2-7-18(17(22)10-14)23-8-9-26-11-19(23)25;2*2-1-3/h2-7,10,13,20H,8-9,11-12H2,1H3;2*1H,(H2,2,3)/t13-,20-;;/m0../s1. The normalized spacial score (nSPS) is 19.7. The number of benzene rings is 2. The van der Waals surface area contributed by atoms with Crippen LogP contribution >= 0.6 is 23.2 Å². The van der Waals surface area contributed by atoms with Crippen LogP contribution in [0.2, 0.25) is 10.0 Å². The van der Waals surface area contributed by atoms with E-state index in [2.05, 4.69) is 16.4 Å². The maximum Gasteiger partial charge on any atom is 0.253 e. The second kappa shape index (κ2) is 13.0. The van der Waals surface area contributed by atoms with Crippen molar-refractivity contribution in [3.05, 3.63) is 58.1 Å². The number of ether oxygens (including phenoxy) is 2. The van der Waals surface area contributed by atoms with Crippen molar-refractivity contribution >= 4 is 53.3 Å². The van der Waals surface area contributed by atoms with Crippen LogP contribution in [0.5, 0.6) is 0 Å². The van der Waals surface area contributed by atoms with Gasteiger partial charge in [-0.1, -0.05) is 29.3 Å². The van der Waals surface area contributed by atoms with E-state index >= 15 is 0 Å². The molecule has 0 unspecified atom stereocenters. The lowest BCUT2D eigenvalue weighted by atomic mass is 10.0. The largest absolute Gasteiger partial charge is 0.372 e. The smallest absolute Gasteiger partial charge is 0.253 e. The summed E-state index contributed by atoms with van der Waals surface area (Å²) in [4.78, 5) is 33.1. The minimum atomic E-state index is -0.0729. The summed E-state index contributed by atoms with van der Waals surface area (Å²) < 4.78 is 11.1. The number of morpholine rings is 1. The SMILES string of the molecule is C[C@@H]1OCN(c2ccc(Cl)cc2)[C@@H]1c1ccc(N2CCOCC2=O)c(Cl)c1.NC=O.NC=O. The summed E-state index contributed by atoms with van der Waals surface area (Å²) in [6.07, 6.45) is 0.507. The van der Waals surface area contributed by atoms with Gasteiger partial charge in [-0.15, -0.1) is 0 Å².